The number of pyridine rings is 1. The van der Waals surface area contributed by atoms with Gasteiger partial charge >= 0.3 is 0 Å². The number of imidazole rings is 1. The maximum atomic E-state index is 12.7. The van der Waals surface area contributed by atoms with Crippen molar-refractivity contribution < 1.29 is 4.79 Å². The zero-order chi connectivity index (χ0) is 18.9. The smallest absolute Gasteiger partial charge is 0.256 e. The molecule has 0 unspecified atom stereocenters. The molecule has 0 aliphatic rings. The molecule has 3 aromatic heterocycles. The number of nitrogens with zero attached hydrogens (tertiary/aromatic N) is 4. The van der Waals surface area contributed by atoms with E-state index >= 15 is 0 Å². The van der Waals surface area contributed by atoms with Gasteiger partial charge in [0.15, 0.2) is 0 Å². The first-order valence-corrected chi connectivity index (χ1v) is 9.00. The fourth-order valence-corrected chi connectivity index (χ4v) is 3.37. The van der Waals surface area contributed by atoms with Crippen LogP contribution in [0.15, 0.2) is 85.5 Å². The van der Waals surface area contributed by atoms with Gasteiger partial charge in [0.2, 0.25) is 0 Å². The summed E-state index contributed by atoms with van der Waals surface area (Å²) in [6.45, 7) is 0.534. The molecule has 0 atom stereocenters. The minimum atomic E-state index is -0.149. The predicted octanol–water partition coefficient (Wildman–Crippen LogP) is 3.98. The molecule has 0 spiro atoms. The summed E-state index contributed by atoms with van der Waals surface area (Å²) in [6.07, 6.45) is 7.40. The van der Waals surface area contributed by atoms with Crippen LogP contribution < -0.4 is 5.32 Å². The van der Waals surface area contributed by atoms with Crippen molar-refractivity contribution in [2.24, 2.45) is 0 Å². The standard InChI is InChI=1S/C22H17N5O/c28-22(20-9-5-7-16-6-1-2-8-19(16)20)25-17-12-23-27(14-17)15-18-13-26-11-4-3-10-21(26)24-18/h1-14H,15H2,(H,25,28). The molecule has 1 N–H and O–H groups in total. The first-order chi connectivity index (χ1) is 13.8. The summed E-state index contributed by atoms with van der Waals surface area (Å²) < 4.78 is 3.74. The fourth-order valence-electron chi connectivity index (χ4n) is 3.37. The summed E-state index contributed by atoms with van der Waals surface area (Å²) in [5, 5.41) is 9.25. The Morgan fingerprint density at radius 2 is 1.82 bits per heavy atom. The number of aromatic nitrogens is 4. The van der Waals surface area contributed by atoms with Crippen LogP contribution in [0.25, 0.3) is 16.4 Å². The SMILES string of the molecule is O=C(Nc1cnn(Cc2cn3ccccc3n2)c1)c1cccc2ccccc12. The molecule has 0 saturated carbocycles. The lowest BCUT2D eigenvalue weighted by Gasteiger charge is -2.06. The molecule has 0 aliphatic heterocycles. The Morgan fingerprint density at radius 3 is 2.75 bits per heavy atom. The third-order valence-electron chi connectivity index (χ3n) is 4.66. The van der Waals surface area contributed by atoms with Crippen molar-refractivity contribution in [3.63, 3.8) is 0 Å². The van der Waals surface area contributed by atoms with Gasteiger partial charge in [0.05, 0.1) is 24.1 Å². The zero-order valence-electron chi connectivity index (χ0n) is 15.0. The molecular formula is C22H17N5O. The van der Waals surface area contributed by atoms with Gasteiger partial charge < -0.3 is 9.72 Å². The third-order valence-corrected chi connectivity index (χ3v) is 4.66. The molecule has 2 aromatic carbocycles. The molecule has 3 heterocycles. The Morgan fingerprint density at radius 1 is 0.964 bits per heavy atom. The lowest BCUT2D eigenvalue weighted by atomic mass is 10.0. The first-order valence-electron chi connectivity index (χ1n) is 9.00. The second kappa shape index (κ2) is 6.66. The van der Waals surface area contributed by atoms with Gasteiger partial charge in [0.1, 0.15) is 5.65 Å². The fraction of sp³-hybridized carbons (Fsp3) is 0.0455. The quantitative estimate of drug-likeness (QED) is 0.522. The van der Waals surface area contributed by atoms with E-state index in [1.54, 1.807) is 10.9 Å². The molecule has 28 heavy (non-hydrogen) atoms. The second-order valence-corrected chi connectivity index (χ2v) is 6.61. The van der Waals surface area contributed by atoms with E-state index in [4.69, 9.17) is 0 Å². The van der Waals surface area contributed by atoms with Gasteiger partial charge in [0, 0.05) is 24.2 Å². The number of carbonyl (C=O) groups is 1. The van der Waals surface area contributed by atoms with Crippen LogP contribution in [0.4, 0.5) is 5.69 Å². The van der Waals surface area contributed by atoms with E-state index in [0.29, 0.717) is 17.8 Å². The summed E-state index contributed by atoms with van der Waals surface area (Å²) in [5.74, 6) is -0.149. The Balaban J connectivity index is 1.35. The van der Waals surface area contributed by atoms with Crippen molar-refractivity contribution >= 4 is 28.0 Å². The molecular weight excluding hydrogens is 350 g/mol. The van der Waals surface area contributed by atoms with E-state index in [-0.39, 0.29) is 5.91 Å². The zero-order valence-corrected chi connectivity index (χ0v) is 15.0. The molecule has 0 aliphatic carbocycles. The average Bonchev–Trinajstić information content (AvgIpc) is 3.33. The lowest BCUT2D eigenvalue weighted by molar-refractivity contribution is 0.102. The number of hydrogen-bond donors (Lipinski definition) is 1. The normalized spacial score (nSPS) is 11.1. The molecule has 136 valence electrons. The van der Waals surface area contributed by atoms with E-state index in [1.807, 2.05) is 83.7 Å². The molecule has 0 bridgehead atoms. The first kappa shape index (κ1) is 16.3. The number of fused-ring (bicyclic) bond motifs is 2. The van der Waals surface area contributed by atoms with Crippen LogP contribution in [0.2, 0.25) is 0 Å². The van der Waals surface area contributed by atoms with Crippen LogP contribution in [-0.4, -0.2) is 25.1 Å². The summed E-state index contributed by atoms with van der Waals surface area (Å²) >= 11 is 0. The highest BCUT2D eigenvalue weighted by atomic mass is 16.1. The van der Waals surface area contributed by atoms with Crippen molar-refractivity contribution in [3.8, 4) is 0 Å². The molecule has 5 aromatic rings. The van der Waals surface area contributed by atoms with Crippen LogP contribution in [0.1, 0.15) is 16.1 Å². The maximum Gasteiger partial charge on any atom is 0.256 e. The van der Waals surface area contributed by atoms with Gasteiger partial charge in [-0.3, -0.25) is 9.48 Å². The molecule has 5 rings (SSSR count). The Kier molecular flexibility index (Phi) is 3.87. The Hall–Kier alpha value is -3.93. The summed E-state index contributed by atoms with van der Waals surface area (Å²) in [7, 11) is 0. The largest absolute Gasteiger partial charge is 0.319 e. The number of hydrogen-bond acceptors (Lipinski definition) is 3. The number of anilines is 1. The number of carbonyl (C=O) groups excluding carboxylic acids is 1. The summed E-state index contributed by atoms with van der Waals surface area (Å²) in [5.41, 5.74) is 3.10. The van der Waals surface area contributed by atoms with Gasteiger partial charge in [-0.2, -0.15) is 5.10 Å². The molecule has 0 fully saturated rings. The van der Waals surface area contributed by atoms with Crippen LogP contribution in [-0.2, 0) is 6.54 Å². The molecule has 0 radical (unpaired) electrons. The van der Waals surface area contributed by atoms with Crippen LogP contribution in [0, 0.1) is 0 Å². The van der Waals surface area contributed by atoms with Gasteiger partial charge in [-0.15, -0.1) is 0 Å². The average molecular weight is 367 g/mol. The number of rotatable bonds is 4. The van der Waals surface area contributed by atoms with E-state index in [2.05, 4.69) is 15.4 Å². The highest BCUT2D eigenvalue weighted by Gasteiger charge is 2.11. The monoisotopic (exact) mass is 367 g/mol. The minimum absolute atomic E-state index is 0.149. The topological polar surface area (TPSA) is 64.2 Å². The van der Waals surface area contributed by atoms with Crippen LogP contribution in [0.3, 0.4) is 0 Å². The minimum Gasteiger partial charge on any atom is -0.319 e. The van der Waals surface area contributed by atoms with Crippen molar-refractivity contribution in [2.75, 3.05) is 5.32 Å². The maximum absolute atomic E-state index is 12.7. The summed E-state index contributed by atoms with van der Waals surface area (Å²) in [4.78, 5) is 17.3. The molecule has 0 saturated heterocycles. The van der Waals surface area contributed by atoms with E-state index < -0.39 is 0 Å². The van der Waals surface area contributed by atoms with E-state index in [1.165, 1.54) is 0 Å². The second-order valence-electron chi connectivity index (χ2n) is 6.61. The summed E-state index contributed by atoms with van der Waals surface area (Å²) in [6, 6.07) is 19.5. The number of benzene rings is 2. The molecule has 1 amide bonds. The van der Waals surface area contributed by atoms with Gasteiger partial charge in [-0.1, -0.05) is 42.5 Å². The number of amides is 1. The van der Waals surface area contributed by atoms with Gasteiger partial charge in [0.25, 0.3) is 5.91 Å². The Bertz CT molecular complexity index is 1260. The van der Waals surface area contributed by atoms with E-state index in [9.17, 15) is 4.79 Å². The van der Waals surface area contributed by atoms with Crippen molar-refractivity contribution in [1.82, 2.24) is 19.2 Å². The van der Waals surface area contributed by atoms with Crippen LogP contribution in [0.5, 0.6) is 0 Å². The van der Waals surface area contributed by atoms with Gasteiger partial charge in [-0.25, -0.2) is 4.98 Å². The van der Waals surface area contributed by atoms with E-state index in [0.717, 1.165) is 22.1 Å². The highest BCUT2D eigenvalue weighted by molar-refractivity contribution is 6.12. The Labute approximate surface area is 161 Å². The van der Waals surface area contributed by atoms with Gasteiger partial charge in [-0.05, 0) is 29.0 Å². The lowest BCUT2D eigenvalue weighted by Crippen LogP contribution is -2.12. The number of nitrogens with one attached hydrogen (secondary N) is 1. The molecule has 6 nitrogen and oxygen atoms in total. The van der Waals surface area contributed by atoms with Crippen molar-refractivity contribution in [2.45, 2.75) is 6.54 Å². The predicted molar refractivity (Wildman–Crippen MR) is 108 cm³/mol. The highest BCUT2D eigenvalue weighted by Crippen LogP contribution is 2.20. The van der Waals surface area contributed by atoms with Crippen LogP contribution >= 0.6 is 0 Å². The third kappa shape index (κ3) is 3.01. The molecule has 6 heteroatoms. The van der Waals surface area contributed by atoms with Crippen molar-refractivity contribution in [1.29, 1.82) is 0 Å². The van der Waals surface area contributed by atoms with Crippen molar-refractivity contribution in [3.05, 3.63) is 96.7 Å².